The summed E-state index contributed by atoms with van der Waals surface area (Å²) in [5.41, 5.74) is 2.68. The topological polar surface area (TPSA) is 39.2 Å². The van der Waals surface area contributed by atoms with E-state index in [-0.39, 0.29) is 5.78 Å². The molecule has 0 unspecified atom stereocenters. The van der Waals surface area contributed by atoms with Crippen molar-refractivity contribution in [2.24, 2.45) is 0 Å². The molecule has 1 aromatic heterocycles. The number of carbonyl (C=O) groups excluding carboxylic acids is 1. The van der Waals surface area contributed by atoms with Crippen molar-refractivity contribution in [2.75, 3.05) is 0 Å². The van der Waals surface area contributed by atoms with E-state index in [2.05, 4.69) is 11.1 Å². The lowest BCUT2D eigenvalue weighted by Gasteiger charge is -2.07. The van der Waals surface area contributed by atoms with Crippen LogP contribution in [0.3, 0.4) is 0 Å². The van der Waals surface area contributed by atoms with Gasteiger partial charge in [0.15, 0.2) is 5.78 Å². The van der Waals surface area contributed by atoms with Crippen LogP contribution >= 0.6 is 11.3 Å². The maximum atomic E-state index is 11.4. The fourth-order valence-corrected chi connectivity index (χ4v) is 3.13. The Morgan fingerprint density at radius 1 is 1.24 bits per heavy atom. The van der Waals surface area contributed by atoms with E-state index in [4.69, 9.17) is 4.74 Å². The minimum atomic E-state index is 0.0743. The van der Waals surface area contributed by atoms with Crippen molar-refractivity contribution in [3.05, 3.63) is 58.6 Å². The molecule has 0 fully saturated rings. The Morgan fingerprint density at radius 2 is 2.05 bits per heavy atom. The lowest BCUT2D eigenvalue weighted by Crippen LogP contribution is -1.99. The Labute approximate surface area is 127 Å². The van der Waals surface area contributed by atoms with Gasteiger partial charge in [-0.3, -0.25) is 4.79 Å². The van der Waals surface area contributed by atoms with Crippen LogP contribution in [0.5, 0.6) is 5.75 Å². The molecule has 106 valence electrons. The molecule has 3 aromatic rings. The second-order valence-electron chi connectivity index (χ2n) is 4.90. The van der Waals surface area contributed by atoms with Crippen molar-refractivity contribution in [1.29, 1.82) is 0 Å². The predicted octanol–water partition coefficient (Wildman–Crippen LogP) is 4.39. The number of rotatable bonds is 4. The van der Waals surface area contributed by atoms with Crippen LogP contribution in [0.25, 0.3) is 10.2 Å². The molecule has 0 amide bonds. The van der Waals surface area contributed by atoms with Crippen LogP contribution in [0, 0.1) is 6.92 Å². The third-order valence-electron chi connectivity index (χ3n) is 3.28. The minimum absolute atomic E-state index is 0.0743. The summed E-state index contributed by atoms with van der Waals surface area (Å²) in [4.78, 5) is 15.9. The number of nitrogens with zero attached hydrogens (tertiary/aromatic N) is 1. The monoisotopic (exact) mass is 297 g/mol. The van der Waals surface area contributed by atoms with E-state index >= 15 is 0 Å². The summed E-state index contributed by atoms with van der Waals surface area (Å²) in [5, 5.41) is 0.949. The summed E-state index contributed by atoms with van der Waals surface area (Å²) >= 11 is 1.64. The molecular weight excluding hydrogens is 282 g/mol. The summed E-state index contributed by atoms with van der Waals surface area (Å²) in [7, 11) is 0. The van der Waals surface area contributed by atoms with Gasteiger partial charge in [-0.15, -0.1) is 11.3 Å². The van der Waals surface area contributed by atoms with Crippen LogP contribution in [0.1, 0.15) is 27.9 Å². The van der Waals surface area contributed by atoms with Crippen molar-refractivity contribution in [3.63, 3.8) is 0 Å². The van der Waals surface area contributed by atoms with Crippen LogP contribution < -0.4 is 4.74 Å². The number of para-hydroxylation sites is 1. The smallest absolute Gasteiger partial charge is 0.160 e. The predicted molar refractivity (Wildman–Crippen MR) is 85.1 cm³/mol. The second-order valence-corrected chi connectivity index (χ2v) is 6.01. The summed E-state index contributed by atoms with van der Waals surface area (Å²) in [6.45, 7) is 3.93. The Balaban J connectivity index is 1.75. The molecule has 0 bridgehead atoms. The number of benzene rings is 2. The van der Waals surface area contributed by atoms with E-state index in [0.717, 1.165) is 27.4 Å². The van der Waals surface area contributed by atoms with Crippen molar-refractivity contribution in [1.82, 2.24) is 4.98 Å². The largest absolute Gasteiger partial charge is 0.486 e. The number of Topliss-reactive ketones (excluding diaryl/α,β-unsaturated/α-hetero) is 1. The Morgan fingerprint density at radius 3 is 2.76 bits per heavy atom. The molecule has 0 spiro atoms. The molecular formula is C17H15NO2S. The zero-order valence-electron chi connectivity index (χ0n) is 11.9. The van der Waals surface area contributed by atoms with Gasteiger partial charge >= 0.3 is 0 Å². The molecule has 0 atom stereocenters. The van der Waals surface area contributed by atoms with Crippen molar-refractivity contribution in [2.45, 2.75) is 20.5 Å². The molecule has 0 saturated carbocycles. The quantitative estimate of drug-likeness (QED) is 0.671. The minimum Gasteiger partial charge on any atom is -0.486 e. The van der Waals surface area contributed by atoms with Crippen molar-refractivity contribution < 1.29 is 9.53 Å². The van der Waals surface area contributed by atoms with Gasteiger partial charge in [0, 0.05) is 5.56 Å². The lowest BCUT2D eigenvalue weighted by molar-refractivity contribution is 0.101. The third-order valence-corrected chi connectivity index (χ3v) is 4.29. The van der Waals surface area contributed by atoms with Crippen LogP contribution in [0.2, 0.25) is 0 Å². The zero-order valence-corrected chi connectivity index (χ0v) is 12.7. The highest BCUT2D eigenvalue weighted by molar-refractivity contribution is 7.18. The molecule has 3 nitrogen and oxygen atoms in total. The standard InChI is InChI=1S/C17H15NO2S/c1-11-9-13(7-8-14(11)12(2)19)20-10-17-18-15-5-3-4-6-16(15)21-17/h3-9H,10H2,1-2H3. The van der Waals surface area contributed by atoms with Crippen molar-refractivity contribution >= 4 is 27.3 Å². The average molecular weight is 297 g/mol. The first-order valence-electron chi connectivity index (χ1n) is 6.72. The van der Waals surface area contributed by atoms with Gasteiger partial charge in [0.1, 0.15) is 17.4 Å². The highest BCUT2D eigenvalue weighted by Gasteiger charge is 2.07. The van der Waals surface area contributed by atoms with Crippen LogP contribution in [-0.4, -0.2) is 10.8 Å². The molecule has 0 N–H and O–H groups in total. The molecule has 3 rings (SSSR count). The van der Waals surface area contributed by atoms with E-state index in [1.807, 2.05) is 43.3 Å². The summed E-state index contributed by atoms with van der Waals surface area (Å²) in [6, 6.07) is 13.6. The second kappa shape index (κ2) is 5.66. The van der Waals surface area contributed by atoms with E-state index in [0.29, 0.717) is 6.61 Å². The number of ketones is 1. The summed E-state index contributed by atoms with van der Waals surface area (Å²) < 4.78 is 6.94. The summed E-state index contributed by atoms with van der Waals surface area (Å²) in [6.07, 6.45) is 0. The van der Waals surface area contributed by atoms with Gasteiger partial charge in [0.05, 0.1) is 10.2 Å². The maximum Gasteiger partial charge on any atom is 0.160 e. The SMILES string of the molecule is CC(=O)c1ccc(OCc2nc3ccccc3s2)cc1C. The van der Waals surface area contributed by atoms with Gasteiger partial charge in [0.25, 0.3) is 0 Å². The third kappa shape index (κ3) is 2.95. The number of aryl methyl sites for hydroxylation is 1. The van der Waals surface area contributed by atoms with Crippen LogP contribution in [-0.2, 0) is 6.61 Å². The fourth-order valence-electron chi connectivity index (χ4n) is 2.25. The first-order chi connectivity index (χ1) is 10.1. The zero-order chi connectivity index (χ0) is 14.8. The van der Waals surface area contributed by atoms with Crippen LogP contribution in [0.15, 0.2) is 42.5 Å². The first kappa shape index (κ1) is 13.8. The molecule has 0 radical (unpaired) electrons. The average Bonchev–Trinajstić information content (AvgIpc) is 2.87. The number of carbonyl (C=O) groups is 1. The lowest BCUT2D eigenvalue weighted by atomic mass is 10.1. The molecule has 0 aliphatic rings. The van der Waals surface area contributed by atoms with E-state index in [9.17, 15) is 4.79 Å². The maximum absolute atomic E-state index is 11.4. The highest BCUT2D eigenvalue weighted by atomic mass is 32.1. The number of aromatic nitrogens is 1. The Hall–Kier alpha value is -2.20. The molecule has 0 aliphatic carbocycles. The Bertz CT molecular complexity index is 774. The Kier molecular flexibility index (Phi) is 3.71. The van der Waals surface area contributed by atoms with E-state index < -0.39 is 0 Å². The molecule has 0 aliphatic heterocycles. The number of hydrogen-bond acceptors (Lipinski definition) is 4. The van der Waals surface area contributed by atoms with Gasteiger partial charge in [-0.2, -0.15) is 0 Å². The number of thiazole rings is 1. The van der Waals surface area contributed by atoms with Gasteiger partial charge < -0.3 is 4.74 Å². The fraction of sp³-hybridized carbons (Fsp3) is 0.176. The van der Waals surface area contributed by atoms with Gasteiger partial charge in [-0.1, -0.05) is 12.1 Å². The van der Waals surface area contributed by atoms with Gasteiger partial charge in [-0.25, -0.2) is 4.98 Å². The molecule has 2 aromatic carbocycles. The van der Waals surface area contributed by atoms with Crippen LogP contribution in [0.4, 0.5) is 0 Å². The number of hydrogen-bond donors (Lipinski definition) is 0. The molecule has 0 saturated heterocycles. The van der Waals surface area contributed by atoms with Gasteiger partial charge in [0.2, 0.25) is 0 Å². The normalized spacial score (nSPS) is 10.8. The first-order valence-corrected chi connectivity index (χ1v) is 7.54. The van der Waals surface area contributed by atoms with Crippen molar-refractivity contribution in [3.8, 4) is 5.75 Å². The summed E-state index contributed by atoms with van der Waals surface area (Å²) in [5.74, 6) is 0.835. The number of ether oxygens (including phenoxy) is 1. The van der Waals surface area contributed by atoms with Gasteiger partial charge in [-0.05, 0) is 49.7 Å². The number of fused-ring (bicyclic) bond motifs is 1. The van der Waals surface area contributed by atoms with E-state index in [1.54, 1.807) is 18.3 Å². The molecule has 21 heavy (non-hydrogen) atoms. The highest BCUT2D eigenvalue weighted by Crippen LogP contribution is 2.24. The van der Waals surface area contributed by atoms with E-state index in [1.165, 1.54) is 4.70 Å². The molecule has 4 heteroatoms. The molecule has 1 heterocycles.